The van der Waals surface area contributed by atoms with E-state index in [1.807, 2.05) is 0 Å². The molecule has 0 radical (unpaired) electrons. The average molecular weight is 268 g/mol. The van der Waals surface area contributed by atoms with Gasteiger partial charge in [0.2, 0.25) is 5.91 Å². The molecular formula is C13H18ClN3O. The maximum absolute atomic E-state index is 11.9. The molecule has 98 valence electrons. The molecule has 0 bridgehead atoms. The van der Waals surface area contributed by atoms with Crippen LogP contribution in [0.2, 0.25) is 5.15 Å². The molecule has 0 spiro atoms. The van der Waals surface area contributed by atoms with Crippen LogP contribution in [0.15, 0.2) is 18.3 Å². The van der Waals surface area contributed by atoms with Crippen LogP contribution in [0, 0.1) is 5.92 Å². The molecule has 0 atom stereocenters. The number of likely N-dealkylation sites (tertiary alicyclic amines) is 1. The van der Waals surface area contributed by atoms with Crippen LogP contribution in [0.25, 0.3) is 0 Å². The Hall–Kier alpha value is -1.13. The van der Waals surface area contributed by atoms with E-state index in [9.17, 15) is 4.79 Å². The summed E-state index contributed by atoms with van der Waals surface area (Å²) in [6.07, 6.45) is 4.37. The van der Waals surface area contributed by atoms with E-state index in [0.717, 1.165) is 25.9 Å². The first kappa shape index (κ1) is 13.3. The molecule has 1 fully saturated rings. The topological polar surface area (TPSA) is 45.2 Å². The van der Waals surface area contributed by atoms with E-state index < -0.39 is 0 Å². The van der Waals surface area contributed by atoms with Crippen LogP contribution in [0.5, 0.6) is 0 Å². The van der Waals surface area contributed by atoms with Crippen molar-refractivity contribution in [3.05, 3.63) is 23.5 Å². The highest BCUT2D eigenvalue weighted by Crippen LogP contribution is 2.20. The number of pyridine rings is 1. The molecule has 2 heterocycles. The molecule has 1 N–H and O–H groups in total. The number of piperidine rings is 1. The van der Waals surface area contributed by atoms with Gasteiger partial charge in [-0.1, -0.05) is 11.6 Å². The predicted molar refractivity (Wildman–Crippen MR) is 72.7 cm³/mol. The van der Waals surface area contributed by atoms with Crippen LogP contribution in [0.4, 0.5) is 5.69 Å². The van der Waals surface area contributed by atoms with E-state index in [2.05, 4.69) is 22.2 Å². The molecule has 1 amide bonds. The highest BCUT2D eigenvalue weighted by Gasteiger charge is 2.19. The van der Waals surface area contributed by atoms with Gasteiger partial charge in [0.1, 0.15) is 5.15 Å². The number of nitrogens with zero attached hydrogens (tertiary/aromatic N) is 2. The van der Waals surface area contributed by atoms with Gasteiger partial charge in [-0.15, -0.1) is 0 Å². The Kier molecular flexibility index (Phi) is 4.55. The summed E-state index contributed by atoms with van der Waals surface area (Å²) < 4.78 is 0. The number of carbonyl (C=O) groups is 1. The van der Waals surface area contributed by atoms with Crippen LogP contribution in [0.1, 0.15) is 19.3 Å². The smallest absolute Gasteiger partial charge is 0.224 e. The lowest BCUT2D eigenvalue weighted by Gasteiger charge is -2.28. The number of hydrogen-bond acceptors (Lipinski definition) is 3. The number of anilines is 1. The molecule has 0 aliphatic carbocycles. The van der Waals surface area contributed by atoms with Gasteiger partial charge >= 0.3 is 0 Å². The van der Waals surface area contributed by atoms with Crippen molar-refractivity contribution < 1.29 is 4.79 Å². The van der Waals surface area contributed by atoms with Crippen LogP contribution < -0.4 is 5.32 Å². The molecule has 0 aromatic carbocycles. The molecule has 0 unspecified atom stereocenters. The Bertz CT molecular complexity index is 399. The SMILES string of the molecule is CN1CCC(CC(=O)Nc2ccc(Cl)nc2)CC1. The van der Waals surface area contributed by atoms with Gasteiger partial charge in [0.25, 0.3) is 0 Å². The summed E-state index contributed by atoms with van der Waals surface area (Å²) in [5.41, 5.74) is 0.706. The highest BCUT2D eigenvalue weighted by molar-refractivity contribution is 6.29. The molecule has 0 saturated carbocycles. The van der Waals surface area contributed by atoms with Crippen LogP contribution in [-0.2, 0) is 4.79 Å². The number of rotatable bonds is 3. The second-order valence-corrected chi connectivity index (χ2v) is 5.26. The number of carbonyl (C=O) groups excluding carboxylic acids is 1. The van der Waals surface area contributed by atoms with Crippen molar-refractivity contribution in [3.8, 4) is 0 Å². The van der Waals surface area contributed by atoms with E-state index in [4.69, 9.17) is 11.6 Å². The van der Waals surface area contributed by atoms with Crippen molar-refractivity contribution in [1.82, 2.24) is 9.88 Å². The fraction of sp³-hybridized carbons (Fsp3) is 0.538. The summed E-state index contributed by atoms with van der Waals surface area (Å²) in [5, 5.41) is 3.29. The van der Waals surface area contributed by atoms with E-state index in [1.54, 1.807) is 18.3 Å². The Labute approximate surface area is 112 Å². The van der Waals surface area contributed by atoms with Gasteiger partial charge in [-0.05, 0) is 51.0 Å². The third-order valence-corrected chi connectivity index (χ3v) is 3.55. The third-order valence-electron chi connectivity index (χ3n) is 3.32. The van der Waals surface area contributed by atoms with Gasteiger partial charge in [-0.3, -0.25) is 4.79 Å². The third kappa shape index (κ3) is 3.96. The average Bonchev–Trinajstić information content (AvgIpc) is 2.35. The molecule has 18 heavy (non-hydrogen) atoms. The van der Waals surface area contributed by atoms with Crippen molar-refractivity contribution in [3.63, 3.8) is 0 Å². The molecule has 5 heteroatoms. The Morgan fingerprint density at radius 3 is 2.83 bits per heavy atom. The van der Waals surface area contributed by atoms with Gasteiger partial charge in [-0.2, -0.15) is 0 Å². The first-order valence-electron chi connectivity index (χ1n) is 6.23. The van der Waals surface area contributed by atoms with E-state index >= 15 is 0 Å². The van der Waals surface area contributed by atoms with Gasteiger partial charge in [0.15, 0.2) is 0 Å². The molecule has 1 aromatic heterocycles. The molecule has 2 rings (SSSR count). The molecule has 1 aliphatic heterocycles. The van der Waals surface area contributed by atoms with Crippen molar-refractivity contribution in [2.75, 3.05) is 25.5 Å². The van der Waals surface area contributed by atoms with Gasteiger partial charge in [-0.25, -0.2) is 4.98 Å². The van der Waals surface area contributed by atoms with E-state index in [-0.39, 0.29) is 5.91 Å². The fourth-order valence-electron chi connectivity index (χ4n) is 2.19. The Balaban J connectivity index is 1.80. The van der Waals surface area contributed by atoms with Gasteiger partial charge < -0.3 is 10.2 Å². The number of nitrogens with one attached hydrogen (secondary N) is 1. The summed E-state index contributed by atoms with van der Waals surface area (Å²) in [6, 6.07) is 3.44. The lowest BCUT2D eigenvalue weighted by atomic mass is 9.93. The number of aromatic nitrogens is 1. The fourth-order valence-corrected chi connectivity index (χ4v) is 2.30. The summed E-state index contributed by atoms with van der Waals surface area (Å²) in [4.78, 5) is 18.1. The summed E-state index contributed by atoms with van der Waals surface area (Å²) in [6.45, 7) is 2.17. The normalized spacial score (nSPS) is 17.7. The Morgan fingerprint density at radius 2 is 2.22 bits per heavy atom. The monoisotopic (exact) mass is 267 g/mol. The number of amides is 1. The van der Waals surface area contributed by atoms with Crippen molar-refractivity contribution >= 4 is 23.2 Å². The zero-order valence-corrected chi connectivity index (χ0v) is 11.3. The van der Waals surface area contributed by atoms with Crippen LogP contribution in [-0.4, -0.2) is 35.9 Å². The van der Waals surface area contributed by atoms with Crippen LogP contribution in [0.3, 0.4) is 0 Å². The Morgan fingerprint density at radius 1 is 1.50 bits per heavy atom. The second-order valence-electron chi connectivity index (χ2n) is 4.87. The summed E-state index contributed by atoms with van der Waals surface area (Å²) in [5.74, 6) is 0.565. The van der Waals surface area contributed by atoms with Crippen LogP contribution >= 0.6 is 11.6 Å². The second kappa shape index (κ2) is 6.16. The zero-order valence-electron chi connectivity index (χ0n) is 10.5. The van der Waals surface area contributed by atoms with E-state index in [0.29, 0.717) is 23.2 Å². The van der Waals surface area contributed by atoms with Crippen molar-refractivity contribution in [2.24, 2.45) is 5.92 Å². The maximum atomic E-state index is 11.9. The first-order valence-corrected chi connectivity index (χ1v) is 6.61. The minimum atomic E-state index is 0.0636. The molecular weight excluding hydrogens is 250 g/mol. The minimum absolute atomic E-state index is 0.0636. The summed E-state index contributed by atoms with van der Waals surface area (Å²) in [7, 11) is 2.12. The van der Waals surface area contributed by atoms with Gasteiger partial charge in [0.05, 0.1) is 11.9 Å². The maximum Gasteiger partial charge on any atom is 0.224 e. The van der Waals surface area contributed by atoms with Gasteiger partial charge in [0, 0.05) is 6.42 Å². The predicted octanol–water partition coefficient (Wildman–Crippen LogP) is 2.41. The van der Waals surface area contributed by atoms with E-state index in [1.165, 1.54) is 0 Å². The lowest BCUT2D eigenvalue weighted by molar-refractivity contribution is -0.117. The first-order chi connectivity index (χ1) is 8.63. The van der Waals surface area contributed by atoms with Crippen molar-refractivity contribution in [2.45, 2.75) is 19.3 Å². The largest absolute Gasteiger partial charge is 0.325 e. The highest BCUT2D eigenvalue weighted by atomic mass is 35.5. The quantitative estimate of drug-likeness (QED) is 0.856. The lowest BCUT2D eigenvalue weighted by Crippen LogP contribution is -2.31. The zero-order chi connectivity index (χ0) is 13.0. The molecule has 1 aromatic rings. The standard InChI is InChI=1S/C13H18ClN3O/c1-17-6-4-10(5-7-17)8-13(18)16-11-2-3-12(14)15-9-11/h2-3,9-10H,4-8H2,1H3,(H,16,18). The minimum Gasteiger partial charge on any atom is -0.325 e. The number of halogens is 1. The molecule has 1 aliphatic rings. The van der Waals surface area contributed by atoms with Crippen molar-refractivity contribution in [1.29, 1.82) is 0 Å². The number of hydrogen-bond donors (Lipinski definition) is 1. The summed E-state index contributed by atoms with van der Waals surface area (Å²) >= 11 is 5.69. The molecule has 4 nitrogen and oxygen atoms in total. The molecule has 1 saturated heterocycles.